The summed E-state index contributed by atoms with van der Waals surface area (Å²) in [6.07, 6.45) is 10.9. The highest BCUT2D eigenvalue weighted by molar-refractivity contribution is 4.95. The van der Waals surface area contributed by atoms with Gasteiger partial charge in [0.05, 0.1) is 13.2 Å². The van der Waals surface area contributed by atoms with Crippen molar-refractivity contribution < 1.29 is 18.9 Å². The average Bonchev–Trinajstić information content (AvgIpc) is 3.40. The smallest absolute Gasteiger partial charge is 0.194 e. The summed E-state index contributed by atoms with van der Waals surface area (Å²) in [5.74, 6) is -0.704. The van der Waals surface area contributed by atoms with Crippen LogP contribution in [0.3, 0.4) is 0 Å². The molecule has 0 radical (unpaired) electrons. The van der Waals surface area contributed by atoms with Gasteiger partial charge in [-0.05, 0) is 33.6 Å². The average molecular weight is 359 g/mol. The Bertz CT molecular complexity index is 324. The SMILES string of the molecule is CCCCCCCCC(CCC)(OCC1CO1)C(C)(OCC)OCC. The Labute approximate surface area is 155 Å². The van der Waals surface area contributed by atoms with Gasteiger partial charge in [0.2, 0.25) is 0 Å². The highest BCUT2D eigenvalue weighted by atomic mass is 16.7. The van der Waals surface area contributed by atoms with Crippen molar-refractivity contribution in [1.82, 2.24) is 0 Å². The van der Waals surface area contributed by atoms with E-state index in [1.165, 1.54) is 32.1 Å². The van der Waals surface area contributed by atoms with Crippen molar-refractivity contribution in [1.29, 1.82) is 0 Å². The van der Waals surface area contributed by atoms with Gasteiger partial charge in [0.1, 0.15) is 11.7 Å². The Hall–Kier alpha value is -0.160. The van der Waals surface area contributed by atoms with E-state index < -0.39 is 11.4 Å². The van der Waals surface area contributed by atoms with E-state index in [1.54, 1.807) is 0 Å². The van der Waals surface area contributed by atoms with E-state index in [4.69, 9.17) is 18.9 Å². The molecule has 0 bridgehead atoms. The summed E-state index contributed by atoms with van der Waals surface area (Å²) in [6, 6.07) is 0. The van der Waals surface area contributed by atoms with Crippen LogP contribution in [0.25, 0.3) is 0 Å². The fourth-order valence-corrected chi connectivity index (χ4v) is 3.72. The van der Waals surface area contributed by atoms with E-state index >= 15 is 0 Å². The van der Waals surface area contributed by atoms with Crippen LogP contribution in [0.2, 0.25) is 0 Å². The molecule has 1 fully saturated rings. The molecular formula is C21H42O4. The number of hydrogen-bond acceptors (Lipinski definition) is 4. The van der Waals surface area contributed by atoms with Gasteiger partial charge in [-0.2, -0.15) is 0 Å². The van der Waals surface area contributed by atoms with Gasteiger partial charge in [0, 0.05) is 13.2 Å². The minimum Gasteiger partial charge on any atom is -0.371 e. The van der Waals surface area contributed by atoms with Crippen LogP contribution in [0.5, 0.6) is 0 Å². The van der Waals surface area contributed by atoms with Crippen LogP contribution >= 0.6 is 0 Å². The van der Waals surface area contributed by atoms with Gasteiger partial charge in [0.15, 0.2) is 5.79 Å². The summed E-state index contributed by atoms with van der Waals surface area (Å²) < 4.78 is 24.2. The largest absolute Gasteiger partial charge is 0.371 e. The predicted molar refractivity (Wildman–Crippen MR) is 103 cm³/mol. The maximum atomic E-state index is 6.52. The molecule has 4 nitrogen and oxygen atoms in total. The Morgan fingerprint density at radius 1 is 0.800 bits per heavy atom. The molecule has 150 valence electrons. The summed E-state index contributed by atoms with van der Waals surface area (Å²) in [5, 5.41) is 0. The van der Waals surface area contributed by atoms with Crippen LogP contribution in [0.15, 0.2) is 0 Å². The van der Waals surface area contributed by atoms with Crippen LogP contribution in [-0.2, 0) is 18.9 Å². The lowest BCUT2D eigenvalue weighted by Gasteiger charge is -2.47. The van der Waals surface area contributed by atoms with E-state index in [0.717, 1.165) is 32.3 Å². The Kier molecular flexibility index (Phi) is 11.2. The van der Waals surface area contributed by atoms with E-state index in [-0.39, 0.29) is 6.10 Å². The zero-order valence-corrected chi connectivity index (χ0v) is 17.4. The van der Waals surface area contributed by atoms with Gasteiger partial charge in [-0.3, -0.25) is 0 Å². The number of epoxide rings is 1. The number of hydrogen-bond donors (Lipinski definition) is 0. The topological polar surface area (TPSA) is 40.2 Å². The summed E-state index contributed by atoms with van der Waals surface area (Å²) in [5.41, 5.74) is -0.398. The second-order valence-electron chi connectivity index (χ2n) is 7.34. The standard InChI is InChI=1S/C21H42O4/c1-6-10-11-12-13-14-16-21(15-7-2,25-18-19-17-22-19)20(5,23-8-3)24-9-4/h19H,6-18H2,1-5H3. The predicted octanol–water partition coefficient (Wildman–Crippen LogP) is 5.48. The lowest BCUT2D eigenvalue weighted by Crippen LogP contribution is -2.58. The molecule has 1 aliphatic rings. The molecule has 0 N–H and O–H groups in total. The normalized spacial score (nSPS) is 19.8. The molecule has 0 aromatic carbocycles. The van der Waals surface area contributed by atoms with Gasteiger partial charge in [-0.15, -0.1) is 0 Å². The quantitative estimate of drug-likeness (QED) is 0.196. The third-order valence-electron chi connectivity index (χ3n) is 5.20. The number of unbranched alkanes of at least 4 members (excludes halogenated alkanes) is 5. The van der Waals surface area contributed by atoms with Crippen molar-refractivity contribution in [2.75, 3.05) is 26.4 Å². The van der Waals surface area contributed by atoms with E-state index in [2.05, 4.69) is 20.8 Å². The molecule has 0 aromatic rings. The molecule has 0 aliphatic carbocycles. The van der Waals surface area contributed by atoms with E-state index in [0.29, 0.717) is 19.8 Å². The molecule has 2 unspecified atom stereocenters. The summed E-state index contributed by atoms with van der Waals surface area (Å²) in [6.45, 7) is 13.3. The molecule has 2 atom stereocenters. The maximum absolute atomic E-state index is 6.52. The van der Waals surface area contributed by atoms with Crippen LogP contribution < -0.4 is 0 Å². The Balaban J connectivity index is 2.78. The summed E-state index contributed by atoms with van der Waals surface area (Å²) >= 11 is 0. The molecule has 25 heavy (non-hydrogen) atoms. The van der Waals surface area contributed by atoms with Crippen LogP contribution in [0.4, 0.5) is 0 Å². The minimum absolute atomic E-state index is 0.258. The fourth-order valence-electron chi connectivity index (χ4n) is 3.72. The molecule has 0 spiro atoms. The van der Waals surface area contributed by atoms with Crippen molar-refractivity contribution in [2.24, 2.45) is 0 Å². The molecule has 0 aromatic heterocycles. The molecule has 0 amide bonds. The Morgan fingerprint density at radius 3 is 1.92 bits per heavy atom. The van der Waals surface area contributed by atoms with Gasteiger partial charge >= 0.3 is 0 Å². The molecule has 1 heterocycles. The zero-order chi connectivity index (χ0) is 18.6. The zero-order valence-electron chi connectivity index (χ0n) is 17.4. The first kappa shape index (κ1) is 22.9. The van der Waals surface area contributed by atoms with Gasteiger partial charge in [-0.1, -0.05) is 58.8 Å². The molecule has 4 heteroatoms. The van der Waals surface area contributed by atoms with Crippen molar-refractivity contribution in [3.05, 3.63) is 0 Å². The first-order chi connectivity index (χ1) is 12.1. The highest BCUT2D eigenvalue weighted by Gasteiger charge is 2.51. The third kappa shape index (κ3) is 7.54. The fraction of sp³-hybridized carbons (Fsp3) is 1.00. The second kappa shape index (κ2) is 12.3. The molecule has 1 rings (SSSR count). The lowest BCUT2D eigenvalue weighted by molar-refractivity contribution is -0.326. The van der Waals surface area contributed by atoms with E-state index in [9.17, 15) is 0 Å². The van der Waals surface area contributed by atoms with Crippen molar-refractivity contribution in [3.63, 3.8) is 0 Å². The van der Waals surface area contributed by atoms with Crippen molar-refractivity contribution in [3.8, 4) is 0 Å². The second-order valence-corrected chi connectivity index (χ2v) is 7.34. The monoisotopic (exact) mass is 358 g/mol. The minimum atomic E-state index is -0.704. The summed E-state index contributed by atoms with van der Waals surface area (Å²) in [7, 11) is 0. The third-order valence-corrected chi connectivity index (χ3v) is 5.20. The van der Waals surface area contributed by atoms with Crippen molar-refractivity contribution in [2.45, 2.75) is 110 Å². The Morgan fingerprint density at radius 2 is 1.40 bits per heavy atom. The first-order valence-corrected chi connectivity index (χ1v) is 10.6. The molecule has 1 aliphatic heterocycles. The molecule has 0 saturated carbocycles. The molecular weight excluding hydrogens is 316 g/mol. The van der Waals surface area contributed by atoms with E-state index in [1.807, 2.05) is 13.8 Å². The number of rotatable bonds is 17. The van der Waals surface area contributed by atoms with Gasteiger partial charge < -0.3 is 18.9 Å². The number of ether oxygens (including phenoxy) is 4. The van der Waals surface area contributed by atoms with Gasteiger partial charge in [0.25, 0.3) is 0 Å². The lowest BCUT2D eigenvalue weighted by atomic mass is 9.83. The van der Waals surface area contributed by atoms with Crippen molar-refractivity contribution >= 4 is 0 Å². The van der Waals surface area contributed by atoms with Crippen LogP contribution in [0, 0.1) is 0 Å². The van der Waals surface area contributed by atoms with Crippen LogP contribution in [-0.4, -0.2) is 43.9 Å². The highest BCUT2D eigenvalue weighted by Crippen LogP contribution is 2.40. The van der Waals surface area contributed by atoms with Crippen LogP contribution in [0.1, 0.15) is 92.4 Å². The van der Waals surface area contributed by atoms with Gasteiger partial charge in [-0.25, -0.2) is 0 Å². The molecule has 1 saturated heterocycles. The first-order valence-electron chi connectivity index (χ1n) is 10.6. The maximum Gasteiger partial charge on any atom is 0.194 e. The summed E-state index contributed by atoms with van der Waals surface area (Å²) in [4.78, 5) is 0.